The van der Waals surface area contributed by atoms with E-state index in [9.17, 15) is 22.8 Å². The van der Waals surface area contributed by atoms with Crippen molar-refractivity contribution in [3.8, 4) is 0 Å². The van der Waals surface area contributed by atoms with Gasteiger partial charge >= 0.3 is 12.2 Å². The fraction of sp³-hybridized carbons (Fsp3) is 0.429. The number of anilines is 1. The number of carbonyl (C=O) groups excluding carboxylic acids is 2. The topological polar surface area (TPSA) is 75.4 Å². The normalized spacial score (nSPS) is 14.4. The summed E-state index contributed by atoms with van der Waals surface area (Å²) < 4.78 is 38.2. The lowest BCUT2D eigenvalue weighted by atomic mass is 9.99. The number of hydrogen-bond donors (Lipinski definition) is 2. The first-order valence-corrected chi connectivity index (χ1v) is 6.82. The van der Waals surface area contributed by atoms with Gasteiger partial charge in [0.2, 0.25) is 5.91 Å². The molecule has 0 unspecified atom stereocenters. The molecule has 22 heavy (non-hydrogen) atoms. The Kier molecular flexibility index (Phi) is 4.58. The minimum Gasteiger partial charge on any atom is -0.371 e. The molecule has 1 aliphatic rings. The van der Waals surface area contributed by atoms with Gasteiger partial charge in [-0.05, 0) is 36.6 Å². The summed E-state index contributed by atoms with van der Waals surface area (Å²) in [5, 5.41) is 1.96. The number of benzene rings is 1. The Bertz CT molecular complexity index is 587. The standard InChI is InChI=1S/C14H16F3N3O2/c15-14(16,17)10-3-4-11-9(8-10)2-1-6-20(11)7-5-12(21)19-13(18)22/h3-4,8H,1-2,5-7H2,(H3,18,19,21,22). The molecule has 1 aromatic carbocycles. The van der Waals surface area contributed by atoms with Crippen LogP contribution in [0, 0.1) is 0 Å². The maximum Gasteiger partial charge on any atom is 0.416 e. The molecule has 120 valence electrons. The number of alkyl halides is 3. The van der Waals surface area contributed by atoms with Crippen molar-refractivity contribution >= 4 is 17.6 Å². The van der Waals surface area contributed by atoms with Gasteiger partial charge in [-0.2, -0.15) is 13.2 Å². The molecule has 0 atom stereocenters. The summed E-state index contributed by atoms with van der Waals surface area (Å²) in [6.45, 7) is 0.972. The predicted molar refractivity (Wildman–Crippen MR) is 74.3 cm³/mol. The minimum absolute atomic E-state index is 0.0450. The van der Waals surface area contributed by atoms with Crippen LogP contribution in [0.4, 0.5) is 23.7 Å². The van der Waals surface area contributed by atoms with Crippen LogP contribution >= 0.6 is 0 Å². The second-order valence-electron chi connectivity index (χ2n) is 5.09. The number of imide groups is 1. The first kappa shape index (κ1) is 16.1. The van der Waals surface area contributed by atoms with Gasteiger partial charge in [0.1, 0.15) is 0 Å². The number of primary amides is 1. The zero-order valence-electron chi connectivity index (χ0n) is 11.7. The summed E-state index contributed by atoms with van der Waals surface area (Å²) in [6.07, 6.45) is -3.03. The van der Waals surface area contributed by atoms with Gasteiger partial charge in [0.05, 0.1) is 5.56 Å². The molecule has 3 amide bonds. The van der Waals surface area contributed by atoms with Crippen molar-refractivity contribution < 1.29 is 22.8 Å². The lowest BCUT2D eigenvalue weighted by molar-refractivity contribution is -0.137. The monoisotopic (exact) mass is 315 g/mol. The van der Waals surface area contributed by atoms with Crippen molar-refractivity contribution in [3.63, 3.8) is 0 Å². The van der Waals surface area contributed by atoms with Crippen LogP contribution in [0.15, 0.2) is 18.2 Å². The molecule has 0 fully saturated rings. The minimum atomic E-state index is -4.36. The largest absolute Gasteiger partial charge is 0.416 e. The van der Waals surface area contributed by atoms with Crippen LogP contribution in [0.1, 0.15) is 24.0 Å². The molecule has 0 saturated heterocycles. The van der Waals surface area contributed by atoms with E-state index in [-0.39, 0.29) is 6.42 Å². The summed E-state index contributed by atoms with van der Waals surface area (Å²) in [5.74, 6) is -0.508. The predicted octanol–water partition coefficient (Wildman–Crippen LogP) is 2.04. The molecule has 0 saturated carbocycles. The summed E-state index contributed by atoms with van der Waals surface area (Å²) in [4.78, 5) is 23.8. The summed E-state index contributed by atoms with van der Waals surface area (Å²) in [7, 11) is 0. The molecular formula is C14H16F3N3O2. The van der Waals surface area contributed by atoms with Gasteiger partial charge < -0.3 is 10.6 Å². The average molecular weight is 315 g/mol. The summed E-state index contributed by atoms with van der Waals surface area (Å²) in [5.41, 5.74) is 5.50. The smallest absolute Gasteiger partial charge is 0.371 e. The molecule has 1 heterocycles. The summed E-state index contributed by atoms with van der Waals surface area (Å²) in [6, 6.07) is 2.72. The Hall–Kier alpha value is -2.25. The lowest BCUT2D eigenvalue weighted by Crippen LogP contribution is -2.38. The average Bonchev–Trinajstić information content (AvgIpc) is 2.42. The molecule has 0 aromatic heterocycles. The molecule has 1 aromatic rings. The Labute approximate surface area is 125 Å². The van der Waals surface area contributed by atoms with Crippen LogP contribution in [-0.2, 0) is 17.4 Å². The van der Waals surface area contributed by atoms with Gasteiger partial charge in [0, 0.05) is 25.2 Å². The molecule has 0 bridgehead atoms. The molecule has 0 spiro atoms. The van der Waals surface area contributed by atoms with Gasteiger partial charge in [-0.15, -0.1) is 0 Å². The number of nitrogens with two attached hydrogens (primary N) is 1. The van der Waals surface area contributed by atoms with E-state index < -0.39 is 23.7 Å². The highest BCUT2D eigenvalue weighted by molar-refractivity contribution is 5.93. The highest BCUT2D eigenvalue weighted by atomic mass is 19.4. The lowest BCUT2D eigenvalue weighted by Gasteiger charge is -2.31. The van der Waals surface area contributed by atoms with Gasteiger partial charge in [0.25, 0.3) is 0 Å². The van der Waals surface area contributed by atoms with Crippen molar-refractivity contribution in [2.24, 2.45) is 5.73 Å². The molecule has 2 rings (SSSR count). The van der Waals surface area contributed by atoms with Crippen LogP contribution in [0.2, 0.25) is 0 Å². The second kappa shape index (κ2) is 6.25. The van der Waals surface area contributed by atoms with Gasteiger partial charge in [-0.25, -0.2) is 4.79 Å². The Morgan fingerprint density at radius 2 is 2.05 bits per heavy atom. The maximum absolute atomic E-state index is 12.7. The van der Waals surface area contributed by atoms with E-state index in [4.69, 9.17) is 5.73 Å². The van der Waals surface area contributed by atoms with Crippen LogP contribution < -0.4 is 16.0 Å². The van der Waals surface area contributed by atoms with Crippen molar-refractivity contribution in [1.82, 2.24) is 5.32 Å². The number of nitrogens with one attached hydrogen (secondary N) is 1. The first-order valence-electron chi connectivity index (χ1n) is 6.82. The second-order valence-corrected chi connectivity index (χ2v) is 5.09. The van der Waals surface area contributed by atoms with Crippen molar-refractivity contribution in [1.29, 1.82) is 0 Å². The van der Waals surface area contributed by atoms with E-state index in [1.165, 1.54) is 6.07 Å². The maximum atomic E-state index is 12.7. The van der Waals surface area contributed by atoms with Gasteiger partial charge in [0.15, 0.2) is 0 Å². The number of nitrogens with zero attached hydrogens (tertiary/aromatic N) is 1. The third-order valence-corrected chi connectivity index (χ3v) is 3.49. The number of hydrogen-bond acceptors (Lipinski definition) is 3. The van der Waals surface area contributed by atoms with Gasteiger partial charge in [-0.3, -0.25) is 10.1 Å². The van der Waals surface area contributed by atoms with Crippen LogP contribution in [0.5, 0.6) is 0 Å². The Balaban J connectivity index is 2.09. The SMILES string of the molecule is NC(=O)NC(=O)CCN1CCCc2cc(C(F)(F)F)ccc21. The Morgan fingerprint density at radius 1 is 1.32 bits per heavy atom. The van der Waals surface area contributed by atoms with Crippen LogP contribution in [-0.4, -0.2) is 25.0 Å². The summed E-state index contributed by atoms with van der Waals surface area (Å²) >= 11 is 0. The zero-order chi connectivity index (χ0) is 16.3. The third-order valence-electron chi connectivity index (χ3n) is 3.49. The molecule has 1 aliphatic heterocycles. The zero-order valence-corrected chi connectivity index (χ0v) is 11.7. The molecule has 3 N–H and O–H groups in total. The number of fused-ring (bicyclic) bond motifs is 1. The fourth-order valence-corrected chi connectivity index (χ4v) is 2.52. The quantitative estimate of drug-likeness (QED) is 0.896. The highest BCUT2D eigenvalue weighted by Gasteiger charge is 2.31. The van der Waals surface area contributed by atoms with Crippen LogP contribution in [0.3, 0.4) is 0 Å². The fourth-order valence-electron chi connectivity index (χ4n) is 2.52. The van der Waals surface area contributed by atoms with E-state index in [0.717, 1.165) is 12.1 Å². The third kappa shape index (κ3) is 3.90. The van der Waals surface area contributed by atoms with E-state index in [1.807, 2.05) is 10.2 Å². The molecular weight excluding hydrogens is 299 g/mol. The molecule has 0 radical (unpaired) electrons. The number of urea groups is 1. The number of halogens is 3. The van der Waals surface area contributed by atoms with E-state index in [0.29, 0.717) is 37.2 Å². The van der Waals surface area contributed by atoms with E-state index in [2.05, 4.69) is 0 Å². The number of carbonyl (C=O) groups is 2. The first-order chi connectivity index (χ1) is 10.3. The van der Waals surface area contributed by atoms with Crippen molar-refractivity contribution in [2.75, 3.05) is 18.0 Å². The van der Waals surface area contributed by atoms with Crippen molar-refractivity contribution in [3.05, 3.63) is 29.3 Å². The van der Waals surface area contributed by atoms with Crippen molar-refractivity contribution in [2.45, 2.75) is 25.4 Å². The van der Waals surface area contributed by atoms with E-state index in [1.54, 1.807) is 0 Å². The number of amides is 3. The number of rotatable bonds is 3. The molecule has 8 heteroatoms. The highest BCUT2D eigenvalue weighted by Crippen LogP contribution is 2.35. The number of aryl methyl sites for hydroxylation is 1. The Morgan fingerprint density at radius 3 is 2.68 bits per heavy atom. The molecule has 5 nitrogen and oxygen atoms in total. The van der Waals surface area contributed by atoms with Gasteiger partial charge in [-0.1, -0.05) is 0 Å². The van der Waals surface area contributed by atoms with Crippen LogP contribution in [0.25, 0.3) is 0 Å². The van der Waals surface area contributed by atoms with E-state index >= 15 is 0 Å². The molecule has 0 aliphatic carbocycles.